The number of aryl methyl sites for hydroxylation is 3. The first kappa shape index (κ1) is 15.1. The summed E-state index contributed by atoms with van der Waals surface area (Å²) in [6.45, 7) is 11.6. The molecule has 2 heterocycles. The van der Waals surface area contributed by atoms with E-state index in [1.54, 1.807) is 11.3 Å². The van der Waals surface area contributed by atoms with Crippen molar-refractivity contribution >= 4 is 11.3 Å². The maximum absolute atomic E-state index is 4.74. The van der Waals surface area contributed by atoms with E-state index < -0.39 is 0 Å². The van der Waals surface area contributed by atoms with Gasteiger partial charge >= 0.3 is 0 Å². The number of rotatable bonds is 5. The third-order valence-electron chi connectivity index (χ3n) is 3.25. The van der Waals surface area contributed by atoms with Gasteiger partial charge < -0.3 is 5.32 Å². The van der Waals surface area contributed by atoms with Gasteiger partial charge in [0, 0.05) is 27.9 Å². The molecule has 108 valence electrons. The molecule has 2 aromatic rings. The molecule has 2 aromatic heterocycles. The molecule has 20 heavy (non-hydrogen) atoms. The molecule has 1 N–H and O–H groups in total. The number of pyridine rings is 1. The first-order valence-electron chi connectivity index (χ1n) is 7.17. The van der Waals surface area contributed by atoms with Gasteiger partial charge in [0.25, 0.3) is 0 Å². The summed E-state index contributed by atoms with van der Waals surface area (Å²) in [7, 11) is 0. The highest BCUT2D eigenvalue weighted by molar-refractivity contribution is 7.15. The fraction of sp³-hybridized carbons (Fsp3) is 0.500. The molecule has 0 spiro atoms. The molecule has 0 amide bonds. The fourth-order valence-electron chi connectivity index (χ4n) is 2.34. The zero-order valence-corrected chi connectivity index (χ0v) is 13.8. The third-order valence-corrected chi connectivity index (χ3v) is 4.64. The maximum Gasteiger partial charge on any atom is 0.124 e. The van der Waals surface area contributed by atoms with Crippen molar-refractivity contribution in [2.45, 2.75) is 47.1 Å². The van der Waals surface area contributed by atoms with Crippen molar-refractivity contribution in [3.05, 3.63) is 34.1 Å². The summed E-state index contributed by atoms with van der Waals surface area (Å²) < 4.78 is 0. The van der Waals surface area contributed by atoms with Gasteiger partial charge in [0.05, 0.1) is 5.69 Å². The Kier molecular flexibility index (Phi) is 4.89. The second-order valence-electron chi connectivity index (χ2n) is 5.28. The SMILES string of the molecule is CCCNC(C)c1sc(-c2cc(C)nc(C)c2)nc1C. The molecule has 0 saturated heterocycles. The predicted molar refractivity (Wildman–Crippen MR) is 86.3 cm³/mol. The van der Waals surface area contributed by atoms with Crippen LogP contribution in [0.25, 0.3) is 10.6 Å². The Bertz CT molecular complexity index is 569. The molecule has 0 radical (unpaired) electrons. The number of hydrogen-bond donors (Lipinski definition) is 1. The third kappa shape index (κ3) is 3.44. The van der Waals surface area contributed by atoms with Gasteiger partial charge in [0.2, 0.25) is 0 Å². The van der Waals surface area contributed by atoms with Gasteiger partial charge in [-0.15, -0.1) is 11.3 Å². The lowest BCUT2D eigenvalue weighted by molar-refractivity contribution is 0.575. The monoisotopic (exact) mass is 289 g/mol. The lowest BCUT2D eigenvalue weighted by Crippen LogP contribution is -2.18. The Morgan fingerprint density at radius 2 is 1.80 bits per heavy atom. The van der Waals surface area contributed by atoms with Gasteiger partial charge in [-0.1, -0.05) is 6.92 Å². The summed E-state index contributed by atoms with van der Waals surface area (Å²) >= 11 is 1.79. The standard InChI is InChI=1S/C16H23N3S/c1-6-7-17-12(4)15-13(5)19-16(20-15)14-8-10(2)18-11(3)9-14/h8-9,12,17H,6-7H2,1-5H3. The Labute approximate surface area is 125 Å². The van der Waals surface area contributed by atoms with Crippen LogP contribution in [-0.2, 0) is 0 Å². The average Bonchev–Trinajstić information content (AvgIpc) is 2.77. The summed E-state index contributed by atoms with van der Waals surface area (Å²) in [6.07, 6.45) is 1.15. The average molecular weight is 289 g/mol. The topological polar surface area (TPSA) is 37.8 Å². The van der Waals surface area contributed by atoms with Crippen LogP contribution in [-0.4, -0.2) is 16.5 Å². The summed E-state index contributed by atoms with van der Waals surface area (Å²) in [6, 6.07) is 4.59. The Morgan fingerprint density at radius 3 is 2.40 bits per heavy atom. The molecular weight excluding hydrogens is 266 g/mol. The van der Waals surface area contributed by atoms with Crippen molar-refractivity contribution in [2.24, 2.45) is 0 Å². The van der Waals surface area contributed by atoms with E-state index in [1.165, 1.54) is 10.4 Å². The van der Waals surface area contributed by atoms with E-state index in [9.17, 15) is 0 Å². The highest BCUT2D eigenvalue weighted by Gasteiger charge is 2.15. The smallest absolute Gasteiger partial charge is 0.124 e. The van der Waals surface area contributed by atoms with Crippen LogP contribution in [0.3, 0.4) is 0 Å². The second-order valence-corrected chi connectivity index (χ2v) is 6.31. The predicted octanol–water partition coefficient (Wildman–Crippen LogP) is 4.19. The van der Waals surface area contributed by atoms with Crippen LogP contribution in [0.1, 0.15) is 48.3 Å². The van der Waals surface area contributed by atoms with Crippen LogP contribution in [0.5, 0.6) is 0 Å². The number of aromatic nitrogens is 2. The molecule has 0 aliphatic carbocycles. The molecule has 1 atom stereocenters. The highest BCUT2D eigenvalue weighted by Crippen LogP contribution is 2.32. The van der Waals surface area contributed by atoms with Crippen molar-refractivity contribution in [3.63, 3.8) is 0 Å². The van der Waals surface area contributed by atoms with Crippen LogP contribution < -0.4 is 5.32 Å². The largest absolute Gasteiger partial charge is 0.309 e. The molecule has 0 fully saturated rings. The Balaban J connectivity index is 2.30. The van der Waals surface area contributed by atoms with Crippen LogP contribution in [0, 0.1) is 20.8 Å². The Morgan fingerprint density at radius 1 is 1.15 bits per heavy atom. The van der Waals surface area contributed by atoms with E-state index >= 15 is 0 Å². The summed E-state index contributed by atoms with van der Waals surface area (Å²) in [5.74, 6) is 0. The molecule has 4 heteroatoms. The van der Waals surface area contributed by atoms with Gasteiger partial charge in [-0.05, 0) is 52.8 Å². The van der Waals surface area contributed by atoms with Gasteiger partial charge in [0.15, 0.2) is 0 Å². The van der Waals surface area contributed by atoms with Crippen molar-refractivity contribution in [2.75, 3.05) is 6.54 Å². The molecule has 3 nitrogen and oxygen atoms in total. The number of nitrogens with zero attached hydrogens (tertiary/aromatic N) is 2. The van der Waals surface area contributed by atoms with E-state index in [1.807, 2.05) is 13.8 Å². The second kappa shape index (κ2) is 6.46. The molecule has 0 aromatic carbocycles. The van der Waals surface area contributed by atoms with Crippen LogP contribution >= 0.6 is 11.3 Å². The quantitative estimate of drug-likeness (QED) is 0.897. The first-order valence-corrected chi connectivity index (χ1v) is 7.99. The molecule has 0 aliphatic heterocycles. The zero-order chi connectivity index (χ0) is 14.7. The zero-order valence-electron chi connectivity index (χ0n) is 12.9. The molecule has 2 rings (SSSR count). The molecule has 1 unspecified atom stereocenters. The van der Waals surface area contributed by atoms with Crippen LogP contribution in [0.4, 0.5) is 0 Å². The minimum Gasteiger partial charge on any atom is -0.309 e. The van der Waals surface area contributed by atoms with Gasteiger partial charge in [-0.2, -0.15) is 0 Å². The maximum atomic E-state index is 4.74. The van der Waals surface area contributed by atoms with E-state index in [-0.39, 0.29) is 0 Å². The summed E-state index contributed by atoms with van der Waals surface area (Å²) in [4.78, 5) is 10.5. The normalized spacial score (nSPS) is 12.7. The van der Waals surface area contributed by atoms with Crippen molar-refractivity contribution < 1.29 is 0 Å². The van der Waals surface area contributed by atoms with E-state index in [0.29, 0.717) is 6.04 Å². The fourth-order valence-corrected chi connectivity index (χ4v) is 3.42. The number of nitrogens with one attached hydrogen (secondary N) is 1. The van der Waals surface area contributed by atoms with Crippen molar-refractivity contribution in [1.29, 1.82) is 0 Å². The van der Waals surface area contributed by atoms with Crippen molar-refractivity contribution in [3.8, 4) is 10.6 Å². The lowest BCUT2D eigenvalue weighted by atomic mass is 10.2. The molecule has 0 bridgehead atoms. The number of hydrogen-bond acceptors (Lipinski definition) is 4. The van der Waals surface area contributed by atoms with Crippen LogP contribution in [0.2, 0.25) is 0 Å². The minimum atomic E-state index is 0.366. The highest BCUT2D eigenvalue weighted by atomic mass is 32.1. The Hall–Kier alpha value is -1.26. The van der Waals surface area contributed by atoms with E-state index in [4.69, 9.17) is 4.98 Å². The van der Waals surface area contributed by atoms with E-state index in [2.05, 4.69) is 43.2 Å². The van der Waals surface area contributed by atoms with E-state index in [0.717, 1.165) is 35.1 Å². The summed E-state index contributed by atoms with van der Waals surface area (Å²) in [5.41, 5.74) is 4.41. The first-order chi connectivity index (χ1) is 9.51. The van der Waals surface area contributed by atoms with Gasteiger partial charge in [-0.25, -0.2) is 4.98 Å². The molecular formula is C16H23N3S. The van der Waals surface area contributed by atoms with Gasteiger partial charge in [0.1, 0.15) is 5.01 Å². The molecule has 0 saturated carbocycles. The minimum absolute atomic E-state index is 0.366. The number of thiazole rings is 1. The molecule has 0 aliphatic rings. The summed E-state index contributed by atoms with van der Waals surface area (Å²) in [5, 5.41) is 4.63. The lowest BCUT2D eigenvalue weighted by Gasteiger charge is -2.11. The van der Waals surface area contributed by atoms with Crippen molar-refractivity contribution in [1.82, 2.24) is 15.3 Å². The van der Waals surface area contributed by atoms with Crippen LogP contribution in [0.15, 0.2) is 12.1 Å². The van der Waals surface area contributed by atoms with Gasteiger partial charge in [-0.3, -0.25) is 4.98 Å².